The van der Waals surface area contributed by atoms with Crippen molar-refractivity contribution in [2.45, 2.75) is 25.6 Å². The average molecular weight is 265 g/mol. The topological polar surface area (TPSA) is 49.3 Å². The Labute approximate surface area is 100 Å². The molecule has 1 atom stereocenters. The lowest BCUT2D eigenvalue weighted by molar-refractivity contribution is -0.138. The number of halogens is 4. The minimum absolute atomic E-state index is 0.116. The van der Waals surface area contributed by atoms with E-state index < -0.39 is 35.3 Å². The monoisotopic (exact) mass is 265 g/mol. The van der Waals surface area contributed by atoms with Gasteiger partial charge in [-0.15, -0.1) is 0 Å². The van der Waals surface area contributed by atoms with E-state index in [2.05, 4.69) is 5.32 Å². The molecule has 0 saturated carbocycles. The first-order chi connectivity index (χ1) is 8.25. The number of aliphatic carboxylic acids is 1. The van der Waals surface area contributed by atoms with Gasteiger partial charge in [-0.2, -0.15) is 13.2 Å². The maximum Gasteiger partial charge on any atom is 0.416 e. The summed E-state index contributed by atoms with van der Waals surface area (Å²) in [6, 6.07) is 0.672. The number of alkyl halides is 3. The van der Waals surface area contributed by atoms with Crippen molar-refractivity contribution in [3.63, 3.8) is 0 Å². The fraction of sp³-hybridized carbons (Fsp3) is 0.364. The van der Waals surface area contributed by atoms with Crippen LogP contribution in [0.1, 0.15) is 18.9 Å². The molecule has 0 amide bonds. The first-order valence-corrected chi connectivity index (χ1v) is 5.11. The van der Waals surface area contributed by atoms with E-state index in [9.17, 15) is 22.4 Å². The van der Waals surface area contributed by atoms with Crippen molar-refractivity contribution in [1.82, 2.24) is 0 Å². The van der Waals surface area contributed by atoms with Gasteiger partial charge in [-0.25, -0.2) is 9.18 Å². The molecular weight excluding hydrogens is 254 g/mol. The van der Waals surface area contributed by atoms with Crippen LogP contribution in [0.3, 0.4) is 0 Å². The van der Waals surface area contributed by atoms with Gasteiger partial charge in [0, 0.05) is 0 Å². The molecule has 0 aliphatic carbocycles. The van der Waals surface area contributed by atoms with Gasteiger partial charge in [0.2, 0.25) is 0 Å². The van der Waals surface area contributed by atoms with E-state index in [4.69, 9.17) is 5.11 Å². The molecule has 1 aromatic rings. The molecule has 0 aliphatic heterocycles. The number of hydrogen-bond donors (Lipinski definition) is 2. The van der Waals surface area contributed by atoms with Crippen LogP contribution in [0, 0.1) is 5.82 Å². The number of nitrogens with one attached hydrogen (secondary N) is 1. The summed E-state index contributed by atoms with van der Waals surface area (Å²) in [7, 11) is 0. The third-order valence-corrected chi connectivity index (χ3v) is 2.33. The van der Waals surface area contributed by atoms with Gasteiger partial charge in [0.05, 0.1) is 11.3 Å². The summed E-state index contributed by atoms with van der Waals surface area (Å²) in [5.41, 5.74) is -1.51. The molecule has 0 aromatic heterocycles. The van der Waals surface area contributed by atoms with Crippen LogP contribution in [-0.4, -0.2) is 17.1 Å². The molecule has 18 heavy (non-hydrogen) atoms. The lowest BCUT2D eigenvalue weighted by Crippen LogP contribution is -2.28. The second kappa shape index (κ2) is 5.24. The zero-order valence-electron chi connectivity index (χ0n) is 9.38. The van der Waals surface area contributed by atoms with Gasteiger partial charge in [0.25, 0.3) is 0 Å². The SMILES string of the molecule is CCC(Nc1cc(C(F)(F)F)ccc1F)C(=O)O. The molecule has 0 spiro atoms. The normalized spacial score (nSPS) is 13.2. The van der Waals surface area contributed by atoms with Crippen molar-refractivity contribution in [2.75, 3.05) is 5.32 Å². The highest BCUT2D eigenvalue weighted by atomic mass is 19.4. The summed E-state index contributed by atoms with van der Waals surface area (Å²) in [4.78, 5) is 10.7. The van der Waals surface area contributed by atoms with Crippen LogP contribution in [0.25, 0.3) is 0 Å². The first kappa shape index (κ1) is 14.3. The minimum atomic E-state index is -4.60. The van der Waals surface area contributed by atoms with Crippen LogP contribution in [0.4, 0.5) is 23.2 Å². The summed E-state index contributed by atoms with van der Waals surface area (Å²) in [6.07, 6.45) is -4.49. The molecular formula is C11H11F4NO2. The molecule has 2 N–H and O–H groups in total. The summed E-state index contributed by atoms with van der Waals surface area (Å²) in [5.74, 6) is -2.18. The Morgan fingerprint density at radius 3 is 2.50 bits per heavy atom. The zero-order chi connectivity index (χ0) is 13.9. The van der Waals surface area contributed by atoms with E-state index in [-0.39, 0.29) is 6.42 Å². The van der Waals surface area contributed by atoms with Crippen molar-refractivity contribution >= 4 is 11.7 Å². The first-order valence-electron chi connectivity index (χ1n) is 5.11. The third-order valence-electron chi connectivity index (χ3n) is 2.33. The predicted octanol–water partition coefficient (Wildman–Crippen LogP) is 3.12. The Morgan fingerprint density at radius 2 is 2.06 bits per heavy atom. The highest BCUT2D eigenvalue weighted by Crippen LogP contribution is 2.32. The number of anilines is 1. The Hall–Kier alpha value is -1.79. The van der Waals surface area contributed by atoms with Gasteiger partial charge >= 0.3 is 12.1 Å². The smallest absolute Gasteiger partial charge is 0.416 e. The third kappa shape index (κ3) is 3.35. The second-order valence-electron chi connectivity index (χ2n) is 3.64. The molecule has 0 heterocycles. The molecule has 3 nitrogen and oxygen atoms in total. The van der Waals surface area contributed by atoms with Crippen LogP contribution in [-0.2, 0) is 11.0 Å². The quantitative estimate of drug-likeness (QED) is 0.822. The van der Waals surface area contributed by atoms with E-state index in [0.29, 0.717) is 18.2 Å². The van der Waals surface area contributed by atoms with Gasteiger partial charge < -0.3 is 10.4 Å². The van der Waals surface area contributed by atoms with E-state index in [1.165, 1.54) is 6.92 Å². The summed E-state index contributed by atoms with van der Waals surface area (Å²) >= 11 is 0. The number of carboxylic acid groups (broad SMARTS) is 1. The van der Waals surface area contributed by atoms with Crippen molar-refractivity contribution in [2.24, 2.45) is 0 Å². The number of hydrogen-bond acceptors (Lipinski definition) is 2. The molecule has 0 saturated heterocycles. The molecule has 0 aliphatic rings. The van der Waals surface area contributed by atoms with E-state index in [1.54, 1.807) is 0 Å². The molecule has 100 valence electrons. The van der Waals surface area contributed by atoms with Crippen molar-refractivity contribution in [3.8, 4) is 0 Å². The Kier molecular flexibility index (Phi) is 4.15. The van der Waals surface area contributed by atoms with Gasteiger partial charge in [-0.3, -0.25) is 0 Å². The maximum absolute atomic E-state index is 13.3. The summed E-state index contributed by atoms with van der Waals surface area (Å²) in [6.45, 7) is 1.53. The van der Waals surface area contributed by atoms with Gasteiger partial charge in [0.1, 0.15) is 11.9 Å². The summed E-state index contributed by atoms with van der Waals surface area (Å²) < 4.78 is 50.5. The molecule has 0 fully saturated rings. The van der Waals surface area contributed by atoms with Crippen LogP contribution < -0.4 is 5.32 Å². The highest BCUT2D eigenvalue weighted by Gasteiger charge is 2.31. The molecule has 1 unspecified atom stereocenters. The van der Waals surface area contributed by atoms with Gasteiger partial charge in [-0.1, -0.05) is 6.92 Å². The second-order valence-corrected chi connectivity index (χ2v) is 3.64. The lowest BCUT2D eigenvalue weighted by Gasteiger charge is -2.16. The largest absolute Gasteiger partial charge is 0.480 e. The molecule has 7 heteroatoms. The van der Waals surface area contributed by atoms with Gasteiger partial charge in [-0.05, 0) is 24.6 Å². The predicted molar refractivity (Wildman–Crippen MR) is 56.7 cm³/mol. The number of carboxylic acids is 1. The fourth-order valence-electron chi connectivity index (χ4n) is 1.34. The van der Waals surface area contributed by atoms with Crippen LogP contribution in [0.5, 0.6) is 0 Å². The lowest BCUT2D eigenvalue weighted by atomic mass is 10.1. The van der Waals surface area contributed by atoms with E-state index >= 15 is 0 Å². The highest BCUT2D eigenvalue weighted by molar-refractivity contribution is 5.77. The minimum Gasteiger partial charge on any atom is -0.480 e. The van der Waals surface area contributed by atoms with Crippen LogP contribution >= 0.6 is 0 Å². The van der Waals surface area contributed by atoms with Crippen LogP contribution in [0.15, 0.2) is 18.2 Å². The number of rotatable bonds is 4. The summed E-state index contributed by atoms with van der Waals surface area (Å²) in [5, 5.41) is 11.0. The Balaban J connectivity index is 3.05. The molecule has 1 aromatic carbocycles. The zero-order valence-corrected chi connectivity index (χ0v) is 9.38. The van der Waals surface area contributed by atoms with Gasteiger partial charge in [0.15, 0.2) is 0 Å². The van der Waals surface area contributed by atoms with Crippen molar-refractivity contribution in [3.05, 3.63) is 29.6 Å². The maximum atomic E-state index is 13.3. The van der Waals surface area contributed by atoms with Crippen LogP contribution in [0.2, 0.25) is 0 Å². The fourth-order valence-corrected chi connectivity index (χ4v) is 1.34. The molecule has 0 bridgehead atoms. The Bertz CT molecular complexity index is 445. The average Bonchev–Trinajstić information content (AvgIpc) is 2.25. The number of carbonyl (C=O) groups is 1. The molecule has 1 rings (SSSR count). The van der Waals surface area contributed by atoms with E-state index in [1.807, 2.05) is 0 Å². The van der Waals surface area contributed by atoms with Crippen molar-refractivity contribution in [1.29, 1.82) is 0 Å². The number of benzene rings is 1. The standard InChI is InChI=1S/C11H11F4NO2/c1-2-8(10(17)18)16-9-5-6(11(13,14)15)3-4-7(9)12/h3-5,8,16H,2H2,1H3,(H,17,18). The van der Waals surface area contributed by atoms with Crippen molar-refractivity contribution < 1.29 is 27.5 Å². The Morgan fingerprint density at radius 1 is 1.44 bits per heavy atom. The molecule has 0 radical (unpaired) electrons. The van der Waals surface area contributed by atoms with E-state index in [0.717, 1.165) is 0 Å².